The molecule has 0 bridgehead atoms. The number of fused-ring (bicyclic) bond motifs is 1. The summed E-state index contributed by atoms with van der Waals surface area (Å²) in [6.07, 6.45) is 6.72. The molecule has 0 atom stereocenters. The van der Waals surface area contributed by atoms with Gasteiger partial charge in [0.2, 0.25) is 0 Å². The number of hydrogen-bond donors (Lipinski definition) is 1. The number of anilines is 1. The second-order valence-corrected chi connectivity index (χ2v) is 6.35. The number of halogens is 1. The minimum absolute atomic E-state index is 0.767. The molecule has 21 heavy (non-hydrogen) atoms. The molecule has 1 aliphatic carbocycles. The Balaban J connectivity index is 1.96. The highest BCUT2D eigenvalue weighted by molar-refractivity contribution is 9.10. The van der Waals surface area contributed by atoms with Crippen LogP contribution >= 0.6 is 15.9 Å². The van der Waals surface area contributed by atoms with Gasteiger partial charge in [0.1, 0.15) is 11.6 Å². The summed E-state index contributed by atoms with van der Waals surface area (Å²) in [5, 5.41) is 3.26. The number of aromatic nitrogens is 2. The predicted molar refractivity (Wildman–Crippen MR) is 89.8 cm³/mol. The Morgan fingerprint density at radius 2 is 1.90 bits per heavy atom. The van der Waals surface area contributed by atoms with Gasteiger partial charge in [0, 0.05) is 29.2 Å². The maximum atomic E-state index is 4.85. The van der Waals surface area contributed by atoms with E-state index in [4.69, 9.17) is 9.97 Å². The van der Waals surface area contributed by atoms with Gasteiger partial charge in [-0.3, -0.25) is 0 Å². The molecule has 0 fully saturated rings. The van der Waals surface area contributed by atoms with E-state index in [-0.39, 0.29) is 0 Å². The van der Waals surface area contributed by atoms with Gasteiger partial charge in [0.15, 0.2) is 0 Å². The van der Waals surface area contributed by atoms with Crippen LogP contribution in [0.15, 0.2) is 28.7 Å². The molecule has 0 saturated heterocycles. The maximum absolute atomic E-state index is 4.85. The third-order valence-corrected chi connectivity index (χ3v) is 4.80. The zero-order valence-corrected chi connectivity index (χ0v) is 13.9. The van der Waals surface area contributed by atoms with Crippen LogP contribution in [0, 0.1) is 0 Å². The topological polar surface area (TPSA) is 37.8 Å². The maximum Gasteiger partial charge on any atom is 0.135 e. The molecular weight excluding hydrogens is 326 g/mol. The van der Waals surface area contributed by atoms with Crippen LogP contribution in [-0.4, -0.2) is 17.0 Å². The molecule has 0 spiro atoms. The first-order chi connectivity index (χ1) is 10.3. The summed E-state index contributed by atoms with van der Waals surface area (Å²) in [6, 6.07) is 8.28. The summed E-state index contributed by atoms with van der Waals surface area (Å²) in [4.78, 5) is 9.59. The van der Waals surface area contributed by atoms with Crippen LogP contribution in [0.5, 0.6) is 0 Å². The molecule has 4 heteroatoms. The number of benzene rings is 1. The van der Waals surface area contributed by atoms with E-state index in [2.05, 4.69) is 39.4 Å². The van der Waals surface area contributed by atoms with Crippen LogP contribution < -0.4 is 5.32 Å². The van der Waals surface area contributed by atoms with Crippen molar-refractivity contribution in [3.05, 3.63) is 51.4 Å². The second-order valence-electron chi connectivity index (χ2n) is 5.49. The molecule has 1 aliphatic rings. The van der Waals surface area contributed by atoms with Crippen molar-refractivity contribution in [2.45, 2.75) is 38.5 Å². The van der Waals surface area contributed by atoms with Crippen molar-refractivity contribution in [1.29, 1.82) is 0 Å². The van der Waals surface area contributed by atoms with Gasteiger partial charge in [0.05, 0.1) is 0 Å². The first-order valence-electron chi connectivity index (χ1n) is 7.57. The van der Waals surface area contributed by atoms with E-state index in [0.29, 0.717) is 0 Å². The molecule has 0 saturated carbocycles. The van der Waals surface area contributed by atoms with E-state index in [1.165, 1.54) is 36.1 Å². The molecule has 1 N–H and O–H groups in total. The van der Waals surface area contributed by atoms with Crippen LogP contribution in [0.25, 0.3) is 0 Å². The van der Waals surface area contributed by atoms with Crippen molar-refractivity contribution in [3.8, 4) is 0 Å². The lowest BCUT2D eigenvalue weighted by Crippen LogP contribution is -2.09. The second kappa shape index (κ2) is 6.56. The molecule has 1 aromatic heterocycles. The lowest BCUT2D eigenvalue weighted by Gasteiger charge is -2.13. The van der Waals surface area contributed by atoms with Crippen molar-refractivity contribution >= 4 is 21.7 Å². The van der Waals surface area contributed by atoms with E-state index >= 15 is 0 Å². The first kappa shape index (κ1) is 14.5. The number of rotatable bonds is 3. The van der Waals surface area contributed by atoms with Crippen molar-refractivity contribution in [1.82, 2.24) is 9.97 Å². The molecule has 1 aromatic carbocycles. The van der Waals surface area contributed by atoms with Crippen molar-refractivity contribution in [2.24, 2.45) is 0 Å². The zero-order chi connectivity index (χ0) is 14.7. The van der Waals surface area contributed by atoms with Gasteiger partial charge >= 0.3 is 0 Å². The van der Waals surface area contributed by atoms with E-state index < -0.39 is 0 Å². The summed E-state index contributed by atoms with van der Waals surface area (Å²) in [5.41, 5.74) is 3.80. The fourth-order valence-corrected chi connectivity index (χ4v) is 3.34. The lowest BCUT2D eigenvalue weighted by molar-refractivity contribution is 0.708. The van der Waals surface area contributed by atoms with Gasteiger partial charge in [0.25, 0.3) is 0 Å². The molecule has 0 amide bonds. The van der Waals surface area contributed by atoms with Gasteiger partial charge in [-0.15, -0.1) is 0 Å². The first-order valence-corrected chi connectivity index (χ1v) is 8.37. The number of nitrogens with one attached hydrogen (secondary N) is 1. The van der Waals surface area contributed by atoms with Crippen molar-refractivity contribution < 1.29 is 0 Å². The van der Waals surface area contributed by atoms with Crippen molar-refractivity contribution in [2.75, 3.05) is 12.4 Å². The van der Waals surface area contributed by atoms with Crippen LogP contribution in [0.2, 0.25) is 0 Å². The van der Waals surface area contributed by atoms with Gasteiger partial charge in [-0.2, -0.15) is 0 Å². The molecule has 110 valence electrons. The average molecular weight is 346 g/mol. The third-order valence-electron chi connectivity index (χ3n) is 4.02. The van der Waals surface area contributed by atoms with E-state index in [9.17, 15) is 0 Å². The van der Waals surface area contributed by atoms with Crippen LogP contribution in [-0.2, 0) is 19.3 Å². The smallest absolute Gasteiger partial charge is 0.135 e. The third kappa shape index (κ3) is 3.26. The molecular formula is C17H20BrN3. The van der Waals surface area contributed by atoms with Gasteiger partial charge in [-0.1, -0.05) is 40.5 Å². The summed E-state index contributed by atoms with van der Waals surface area (Å²) in [6.45, 7) is 0. The molecule has 0 unspecified atom stereocenters. The summed E-state index contributed by atoms with van der Waals surface area (Å²) >= 11 is 3.61. The van der Waals surface area contributed by atoms with E-state index in [1.54, 1.807) is 0 Å². The Bertz CT molecular complexity index is 640. The van der Waals surface area contributed by atoms with Crippen LogP contribution in [0.1, 0.15) is 41.9 Å². The quantitative estimate of drug-likeness (QED) is 0.849. The highest BCUT2D eigenvalue weighted by Crippen LogP contribution is 2.26. The van der Waals surface area contributed by atoms with Gasteiger partial charge in [-0.25, -0.2) is 9.97 Å². The van der Waals surface area contributed by atoms with E-state index in [0.717, 1.165) is 35.4 Å². The lowest BCUT2D eigenvalue weighted by atomic mass is 10.1. The van der Waals surface area contributed by atoms with Gasteiger partial charge in [-0.05, 0) is 37.3 Å². The standard InChI is InChI=1S/C17H20BrN3/c1-19-17-13-8-3-2-4-10-15(13)20-16(21-17)11-12-7-5-6-9-14(12)18/h5-7,9H,2-4,8,10-11H2,1H3,(H,19,20,21). The van der Waals surface area contributed by atoms with Gasteiger partial charge < -0.3 is 5.32 Å². The predicted octanol–water partition coefficient (Wildman–Crippen LogP) is 4.14. The molecule has 3 rings (SSSR count). The minimum atomic E-state index is 0.767. The molecule has 0 aliphatic heterocycles. The molecule has 0 radical (unpaired) electrons. The minimum Gasteiger partial charge on any atom is -0.373 e. The number of nitrogens with zero attached hydrogens (tertiary/aromatic N) is 2. The summed E-state index contributed by atoms with van der Waals surface area (Å²) in [7, 11) is 1.95. The Morgan fingerprint density at radius 1 is 1.10 bits per heavy atom. The fraction of sp³-hybridized carbons (Fsp3) is 0.412. The van der Waals surface area contributed by atoms with Crippen molar-refractivity contribution in [3.63, 3.8) is 0 Å². The Kier molecular flexibility index (Phi) is 4.54. The Labute approximate surface area is 134 Å². The Morgan fingerprint density at radius 3 is 2.71 bits per heavy atom. The average Bonchev–Trinajstić information content (AvgIpc) is 2.74. The zero-order valence-electron chi connectivity index (χ0n) is 12.3. The molecule has 3 nitrogen and oxygen atoms in total. The number of hydrogen-bond acceptors (Lipinski definition) is 3. The van der Waals surface area contributed by atoms with Crippen LogP contribution in [0.4, 0.5) is 5.82 Å². The highest BCUT2D eigenvalue weighted by atomic mass is 79.9. The highest BCUT2D eigenvalue weighted by Gasteiger charge is 2.16. The number of aryl methyl sites for hydroxylation is 1. The largest absolute Gasteiger partial charge is 0.373 e. The van der Waals surface area contributed by atoms with E-state index in [1.807, 2.05) is 13.1 Å². The monoisotopic (exact) mass is 345 g/mol. The summed E-state index contributed by atoms with van der Waals surface area (Å²) < 4.78 is 1.12. The van der Waals surface area contributed by atoms with Crippen LogP contribution in [0.3, 0.4) is 0 Å². The molecule has 2 aromatic rings. The summed E-state index contributed by atoms with van der Waals surface area (Å²) in [5.74, 6) is 1.93. The Hall–Kier alpha value is -1.42. The SMILES string of the molecule is CNc1nc(Cc2ccccc2Br)nc2c1CCCCC2. The normalized spacial score (nSPS) is 14.4. The fourth-order valence-electron chi connectivity index (χ4n) is 2.92. The molecule has 1 heterocycles.